The molecule has 0 aromatic rings. The number of methoxy groups -OCH3 is 1. The fraction of sp³-hybridized carbons (Fsp3) is 0.923. The summed E-state index contributed by atoms with van der Waals surface area (Å²) in [5.41, 5.74) is 0. The number of aliphatic hydroxyl groups excluding tert-OH is 1. The lowest BCUT2D eigenvalue weighted by molar-refractivity contribution is -0.275. The lowest BCUT2D eigenvalue weighted by atomic mass is 10.1. The standard InChI is InChI=1S/C13H21NO7/c1-13(2)19-9-8(6-15)18-11(10(9)20-13)14-5-4-7(21-14)12(16)17-3/h7-11,15H,4-6H2,1-3H3/t7?,8-,9+,10-,11+/m0/s1. The van der Waals surface area contributed by atoms with Crippen molar-refractivity contribution >= 4 is 5.97 Å². The van der Waals surface area contributed by atoms with Crippen LogP contribution in [-0.2, 0) is 28.6 Å². The monoisotopic (exact) mass is 303 g/mol. The predicted molar refractivity (Wildman–Crippen MR) is 67.8 cm³/mol. The van der Waals surface area contributed by atoms with Gasteiger partial charge >= 0.3 is 5.97 Å². The van der Waals surface area contributed by atoms with Gasteiger partial charge in [-0.25, -0.2) is 4.79 Å². The molecule has 0 aromatic carbocycles. The van der Waals surface area contributed by atoms with Crippen molar-refractivity contribution in [1.29, 1.82) is 0 Å². The van der Waals surface area contributed by atoms with Crippen LogP contribution < -0.4 is 0 Å². The quantitative estimate of drug-likeness (QED) is 0.692. The maximum atomic E-state index is 11.5. The molecular formula is C13H21NO7. The van der Waals surface area contributed by atoms with Crippen LogP contribution in [0.1, 0.15) is 20.3 Å². The first kappa shape index (κ1) is 15.1. The first-order valence-corrected chi connectivity index (χ1v) is 7.08. The molecule has 8 heteroatoms. The minimum absolute atomic E-state index is 0.161. The van der Waals surface area contributed by atoms with Gasteiger partial charge in [0.1, 0.15) is 18.3 Å². The number of hydroxylamine groups is 2. The number of ether oxygens (including phenoxy) is 4. The van der Waals surface area contributed by atoms with Crippen LogP contribution >= 0.6 is 0 Å². The van der Waals surface area contributed by atoms with E-state index in [0.717, 1.165) is 0 Å². The van der Waals surface area contributed by atoms with E-state index >= 15 is 0 Å². The molecule has 0 spiro atoms. The summed E-state index contributed by atoms with van der Waals surface area (Å²) in [6.07, 6.45) is -1.80. The minimum atomic E-state index is -0.730. The topological polar surface area (TPSA) is 86.7 Å². The van der Waals surface area contributed by atoms with Gasteiger partial charge in [-0.1, -0.05) is 0 Å². The van der Waals surface area contributed by atoms with Crippen molar-refractivity contribution in [2.24, 2.45) is 0 Å². The first-order chi connectivity index (χ1) is 9.95. The maximum Gasteiger partial charge on any atom is 0.337 e. The molecule has 8 nitrogen and oxygen atoms in total. The van der Waals surface area contributed by atoms with Gasteiger partial charge in [0.25, 0.3) is 0 Å². The zero-order valence-electron chi connectivity index (χ0n) is 12.4. The molecule has 0 radical (unpaired) electrons. The molecule has 5 atom stereocenters. The normalized spacial score (nSPS) is 42.2. The lowest BCUT2D eigenvalue weighted by Gasteiger charge is -2.28. The SMILES string of the molecule is COC(=O)C1CCN([C@@H]2O[C@@H](CO)[C@H]3OC(C)(C)O[C@@H]32)O1. The van der Waals surface area contributed by atoms with Crippen molar-refractivity contribution in [3.8, 4) is 0 Å². The summed E-state index contributed by atoms with van der Waals surface area (Å²) in [6, 6.07) is 0. The first-order valence-electron chi connectivity index (χ1n) is 7.08. The van der Waals surface area contributed by atoms with Crippen LogP contribution in [-0.4, -0.2) is 72.8 Å². The third-order valence-corrected chi connectivity index (χ3v) is 3.93. The summed E-state index contributed by atoms with van der Waals surface area (Å²) in [6.45, 7) is 4.00. The molecule has 3 aliphatic heterocycles. The summed E-state index contributed by atoms with van der Waals surface area (Å²) in [5.74, 6) is -1.14. The summed E-state index contributed by atoms with van der Waals surface area (Å²) < 4.78 is 22.1. The number of carbonyl (C=O) groups is 1. The molecule has 3 heterocycles. The van der Waals surface area contributed by atoms with E-state index < -0.39 is 30.2 Å². The van der Waals surface area contributed by atoms with Crippen molar-refractivity contribution < 1.29 is 33.7 Å². The van der Waals surface area contributed by atoms with E-state index in [4.69, 9.17) is 19.0 Å². The molecule has 0 aromatic heterocycles. The second kappa shape index (κ2) is 5.45. The average molecular weight is 303 g/mol. The zero-order valence-corrected chi connectivity index (χ0v) is 12.4. The van der Waals surface area contributed by atoms with Crippen LogP contribution in [0.3, 0.4) is 0 Å². The van der Waals surface area contributed by atoms with Gasteiger partial charge in [-0.15, -0.1) is 0 Å². The fourth-order valence-electron chi connectivity index (χ4n) is 3.03. The summed E-state index contributed by atoms with van der Waals surface area (Å²) >= 11 is 0. The van der Waals surface area contributed by atoms with Crippen molar-refractivity contribution in [3.05, 3.63) is 0 Å². The predicted octanol–water partition coefficient (Wildman–Crippen LogP) is -0.597. The Bertz CT molecular complexity index is 415. The molecule has 0 aliphatic carbocycles. The molecular weight excluding hydrogens is 282 g/mol. The number of hydrogen-bond donors (Lipinski definition) is 1. The number of rotatable bonds is 3. The lowest BCUT2D eigenvalue weighted by Crippen LogP contribution is -2.42. The molecule has 3 fully saturated rings. The van der Waals surface area contributed by atoms with Gasteiger partial charge in [-0.3, -0.25) is 4.84 Å². The van der Waals surface area contributed by atoms with E-state index in [-0.39, 0.29) is 18.8 Å². The minimum Gasteiger partial charge on any atom is -0.467 e. The smallest absolute Gasteiger partial charge is 0.337 e. The number of nitrogens with zero attached hydrogens (tertiary/aromatic N) is 1. The number of carbonyl (C=O) groups excluding carboxylic acids is 1. The van der Waals surface area contributed by atoms with Crippen LogP contribution in [0.5, 0.6) is 0 Å². The molecule has 1 unspecified atom stereocenters. The largest absolute Gasteiger partial charge is 0.467 e. The highest BCUT2D eigenvalue weighted by molar-refractivity contribution is 5.74. The van der Waals surface area contributed by atoms with Gasteiger partial charge in [0.15, 0.2) is 18.1 Å². The Balaban J connectivity index is 1.70. The molecule has 3 rings (SSSR count). The van der Waals surface area contributed by atoms with Crippen molar-refractivity contribution in [3.63, 3.8) is 0 Å². The molecule has 120 valence electrons. The summed E-state index contributed by atoms with van der Waals surface area (Å²) in [4.78, 5) is 17.1. The van der Waals surface area contributed by atoms with E-state index in [9.17, 15) is 9.90 Å². The van der Waals surface area contributed by atoms with Crippen molar-refractivity contribution in [1.82, 2.24) is 5.06 Å². The van der Waals surface area contributed by atoms with Gasteiger partial charge in [-0.05, 0) is 13.8 Å². The van der Waals surface area contributed by atoms with E-state index in [1.807, 2.05) is 13.8 Å². The van der Waals surface area contributed by atoms with Crippen LogP contribution in [0.2, 0.25) is 0 Å². The second-order valence-electron chi connectivity index (χ2n) is 5.86. The molecule has 0 bridgehead atoms. The van der Waals surface area contributed by atoms with Gasteiger partial charge in [0.2, 0.25) is 0 Å². The molecule has 3 aliphatic rings. The number of hydrogen-bond acceptors (Lipinski definition) is 8. The Kier molecular flexibility index (Phi) is 3.93. The van der Waals surface area contributed by atoms with Crippen LogP contribution in [0.15, 0.2) is 0 Å². The van der Waals surface area contributed by atoms with Gasteiger partial charge in [-0.2, -0.15) is 5.06 Å². The third kappa shape index (κ3) is 2.67. The highest BCUT2D eigenvalue weighted by Crippen LogP contribution is 2.40. The van der Waals surface area contributed by atoms with Gasteiger partial charge in [0.05, 0.1) is 13.7 Å². The van der Waals surface area contributed by atoms with E-state index in [1.165, 1.54) is 7.11 Å². The highest BCUT2D eigenvalue weighted by Gasteiger charge is 2.57. The average Bonchev–Trinajstić information content (AvgIpc) is 3.10. The molecule has 0 saturated carbocycles. The van der Waals surface area contributed by atoms with E-state index in [2.05, 4.69) is 4.74 Å². The highest BCUT2D eigenvalue weighted by atomic mass is 16.8. The van der Waals surface area contributed by atoms with Crippen LogP contribution in [0.4, 0.5) is 0 Å². The van der Waals surface area contributed by atoms with Gasteiger partial charge in [0, 0.05) is 13.0 Å². The van der Waals surface area contributed by atoms with E-state index in [1.54, 1.807) is 5.06 Å². The van der Waals surface area contributed by atoms with Crippen molar-refractivity contribution in [2.45, 2.75) is 56.7 Å². The third-order valence-electron chi connectivity index (χ3n) is 3.93. The maximum absolute atomic E-state index is 11.5. The Morgan fingerprint density at radius 2 is 2.10 bits per heavy atom. The van der Waals surface area contributed by atoms with E-state index in [0.29, 0.717) is 13.0 Å². The van der Waals surface area contributed by atoms with Gasteiger partial charge < -0.3 is 24.1 Å². The fourth-order valence-corrected chi connectivity index (χ4v) is 3.03. The second-order valence-corrected chi connectivity index (χ2v) is 5.86. The Labute approximate surface area is 122 Å². The molecule has 21 heavy (non-hydrogen) atoms. The number of fused-ring (bicyclic) bond motifs is 1. The summed E-state index contributed by atoms with van der Waals surface area (Å²) in [7, 11) is 1.33. The molecule has 0 amide bonds. The van der Waals surface area contributed by atoms with Crippen molar-refractivity contribution in [2.75, 3.05) is 20.3 Å². The Morgan fingerprint density at radius 1 is 1.38 bits per heavy atom. The molecule has 3 saturated heterocycles. The number of esters is 1. The van der Waals surface area contributed by atoms with Crippen LogP contribution in [0, 0.1) is 0 Å². The molecule has 1 N–H and O–H groups in total. The Morgan fingerprint density at radius 3 is 2.76 bits per heavy atom. The zero-order chi connectivity index (χ0) is 15.2. The summed E-state index contributed by atoms with van der Waals surface area (Å²) in [5, 5.41) is 11.0. The Hall–Kier alpha value is -0.770. The van der Waals surface area contributed by atoms with Crippen LogP contribution in [0.25, 0.3) is 0 Å². The number of aliphatic hydroxyl groups is 1.